The second kappa shape index (κ2) is 5.13. The van der Waals surface area contributed by atoms with Crippen LogP contribution in [0.15, 0.2) is 0 Å². The SMILES string of the molecule is FC(F)(F)C(F)(F)C(F)(F)C(SCl)(C(F)(F)F)C(F)(F)F. The summed E-state index contributed by atoms with van der Waals surface area (Å²) in [6, 6.07) is 0. The maximum Gasteiger partial charge on any atom is 0.459 e. The molecule has 0 heterocycles. The van der Waals surface area contributed by atoms with Gasteiger partial charge in [0.1, 0.15) is 0 Å². The van der Waals surface area contributed by atoms with Crippen LogP contribution in [0.4, 0.5) is 57.1 Å². The Hall–Kier alpha value is -0.270. The zero-order chi connectivity index (χ0) is 17.7. The van der Waals surface area contributed by atoms with Crippen LogP contribution < -0.4 is 0 Å². The van der Waals surface area contributed by atoms with E-state index in [0.717, 1.165) is 0 Å². The Morgan fingerprint density at radius 1 is 0.476 bits per heavy atom. The van der Waals surface area contributed by atoms with Gasteiger partial charge in [-0.1, -0.05) is 0 Å². The van der Waals surface area contributed by atoms with Crippen molar-refractivity contribution in [2.45, 2.75) is 35.1 Å². The standard InChI is InChI=1S/C6ClF13S/c7-21-1(4(12,13)14,5(15,16)17)2(8,9)3(10,11)6(18,19)20. The van der Waals surface area contributed by atoms with Gasteiger partial charge in [-0.25, -0.2) is 0 Å². The van der Waals surface area contributed by atoms with Crippen LogP contribution in [0.3, 0.4) is 0 Å². The van der Waals surface area contributed by atoms with Gasteiger partial charge in [-0.05, 0) is 21.7 Å². The lowest BCUT2D eigenvalue weighted by Gasteiger charge is -2.43. The molecule has 0 unspecified atom stereocenters. The average molecular weight is 387 g/mol. The van der Waals surface area contributed by atoms with Gasteiger partial charge < -0.3 is 0 Å². The van der Waals surface area contributed by atoms with Crippen molar-refractivity contribution in [2.75, 3.05) is 0 Å². The van der Waals surface area contributed by atoms with E-state index < -0.39 is 46.1 Å². The highest BCUT2D eigenvalue weighted by Gasteiger charge is 2.93. The second-order valence-corrected chi connectivity index (χ2v) is 4.63. The molecule has 0 atom stereocenters. The van der Waals surface area contributed by atoms with E-state index in [1.54, 1.807) is 0 Å². The molecule has 0 aromatic rings. The van der Waals surface area contributed by atoms with Crippen molar-refractivity contribution in [3.63, 3.8) is 0 Å². The number of halogens is 14. The normalized spacial score (nSPS) is 16.3. The summed E-state index contributed by atoms with van der Waals surface area (Å²) in [5, 5.41) is 0. The van der Waals surface area contributed by atoms with Gasteiger partial charge in [-0.15, -0.1) is 0 Å². The van der Waals surface area contributed by atoms with Gasteiger partial charge in [0.2, 0.25) is 0 Å². The van der Waals surface area contributed by atoms with E-state index in [2.05, 4.69) is 10.7 Å². The Morgan fingerprint density at radius 2 is 0.762 bits per heavy atom. The summed E-state index contributed by atoms with van der Waals surface area (Å²) in [6.07, 6.45) is -21.9. The molecule has 0 N–H and O–H groups in total. The largest absolute Gasteiger partial charge is 0.459 e. The molecule has 0 aliphatic carbocycles. The summed E-state index contributed by atoms with van der Waals surface area (Å²) in [4.78, 5) is 0. The Kier molecular flexibility index (Phi) is 5.06. The van der Waals surface area contributed by atoms with Crippen molar-refractivity contribution in [1.29, 1.82) is 0 Å². The first kappa shape index (κ1) is 20.7. The molecule has 0 fully saturated rings. The molecular formula is C6ClF13S. The molecule has 0 aromatic heterocycles. The molecule has 0 amide bonds. The second-order valence-electron chi connectivity index (χ2n) is 3.40. The van der Waals surface area contributed by atoms with Crippen LogP contribution in [0.25, 0.3) is 0 Å². The van der Waals surface area contributed by atoms with Crippen LogP contribution in [0.5, 0.6) is 0 Å². The van der Waals surface area contributed by atoms with Crippen LogP contribution in [0, 0.1) is 0 Å². The van der Waals surface area contributed by atoms with E-state index in [1.165, 1.54) is 0 Å². The third-order valence-electron chi connectivity index (χ3n) is 2.11. The Bertz CT molecular complexity index is 362. The van der Waals surface area contributed by atoms with Crippen molar-refractivity contribution in [1.82, 2.24) is 0 Å². The molecule has 0 spiro atoms. The van der Waals surface area contributed by atoms with Crippen LogP contribution in [-0.4, -0.2) is 35.1 Å². The van der Waals surface area contributed by atoms with Crippen molar-refractivity contribution < 1.29 is 57.1 Å². The summed E-state index contributed by atoms with van der Waals surface area (Å²) >= 11 is 0. The van der Waals surface area contributed by atoms with Gasteiger partial charge >= 0.3 is 30.4 Å². The molecular weight excluding hydrogens is 387 g/mol. The van der Waals surface area contributed by atoms with Gasteiger partial charge in [0.15, 0.2) is 0 Å². The van der Waals surface area contributed by atoms with Gasteiger partial charge in [0, 0.05) is 0 Å². The van der Waals surface area contributed by atoms with Crippen molar-refractivity contribution >= 4 is 21.7 Å². The highest BCUT2D eigenvalue weighted by molar-refractivity contribution is 8.22. The Balaban J connectivity index is 6.60. The summed E-state index contributed by atoms with van der Waals surface area (Å²) < 4.78 is 153. The number of hydrogen-bond acceptors (Lipinski definition) is 1. The fourth-order valence-electron chi connectivity index (χ4n) is 1.05. The van der Waals surface area contributed by atoms with Crippen LogP contribution >= 0.6 is 21.7 Å². The van der Waals surface area contributed by atoms with Crippen LogP contribution in [0.2, 0.25) is 0 Å². The smallest absolute Gasteiger partial charge is 0.197 e. The minimum Gasteiger partial charge on any atom is -0.197 e. The predicted octanol–water partition coefficient (Wildman–Crippen LogP) is 5.57. The first-order chi connectivity index (χ1) is 8.81. The minimum absolute atomic E-state index is 2.43. The third kappa shape index (κ3) is 2.72. The molecule has 0 aliphatic rings. The van der Waals surface area contributed by atoms with Gasteiger partial charge in [0.05, 0.1) is 0 Å². The molecule has 0 radical (unpaired) electrons. The third-order valence-corrected chi connectivity index (χ3v) is 3.75. The molecule has 0 bridgehead atoms. The highest BCUT2D eigenvalue weighted by Crippen LogP contribution is 2.66. The lowest BCUT2D eigenvalue weighted by Crippen LogP contribution is -2.72. The average Bonchev–Trinajstić information content (AvgIpc) is 2.11. The van der Waals surface area contributed by atoms with Crippen molar-refractivity contribution in [2.24, 2.45) is 0 Å². The van der Waals surface area contributed by atoms with Crippen LogP contribution in [-0.2, 0) is 0 Å². The van der Waals surface area contributed by atoms with Gasteiger partial charge in [0.25, 0.3) is 4.75 Å². The van der Waals surface area contributed by atoms with E-state index in [9.17, 15) is 57.1 Å². The highest BCUT2D eigenvalue weighted by atomic mass is 35.7. The number of rotatable bonds is 3. The molecule has 15 heteroatoms. The van der Waals surface area contributed by atoms with Gasteiger partial charge in [-0.2, -0.15) is 57.1 Å². The lowest BCUT2D eigenvalue weighted by atomic mass is 9.92. The monoisotopic (exact) mass is 386 g/mol. The number of hydrogen-bond donors (Lipinski definition) is 0. The van der Waals surface area contributed by atoms with E-state index in [0.29, 0.717) is 0 Å². The summed E-state index contributed by atoms with van der Waals surface area (Å²) in [5.41, 5.74) is 0. The van der Waals surface area contributed by atoms with E-state index in [1.807, 2.05) is 0 Å². The minimum atomic E-state index is -7.67. The zero-order valence-corrected chi connectivity index (χ0v) is 10.3. The topological polar surface area (TPSA) is 0 Å². The molecule has 128 valence electrons. The lowest BCUT2D eigenvalue weighted by molar-refractivity contribution is -0.406. The predicted molar refractivity (Wildman–Crippen MR) is 44.2 cm³/mol. The molecule has 0 rings (SSSR count). The maximum atomic E-state index is 13.0. The van der Waals surface area contributed by atoms with Crippen LogP contribution in [0.1, 0.15) is 0 Å². The van der Waals surface area contributed by atoms with E-state index >= 15 is 0 Å². The van der Waals surface area contributed by atoms with E-state index in [4.69, 9.17) is 0 Å². The fourth-order valence-corrected chi connectivity index (χ4v) is 2.27. The quantitative estimate of drug-likeness (QED) is 0.572. The first-order valence-electron chi connectivity index (χ1n) is 4.07. The Morgan fingerprint density at radius 3 is 0.905 bits per heavy atom. The molecule has 0 nitrogen and oxygen atoms in total. The molecule has 0 saturated carbocycles. The molecule has 0 saturated heterocycles. The molecule has 0 aromatic carbocycles. The Labute approximate surface area is 115 Å². The molecule has 21 heavy (non-hydrogen) atoms. The van der Waals surface area contributed by atoms with Crippen molar-refractivity contribution in [3.8, 4) is 0 Å². The summed E-state index contributed by atoms with van der Waals surface area (Å²) in [6.45, 7) is 0. The maximum absolute atomic E-state index is 13.0. The number of alkyl halides is 13. The van der Waals surface area contributed by atoms with E-state index in [-0.39, 0.29) is 0 Å². The van der Waals surface area contributed by atoms with Gasteiger partial charge in [-0.3, -0.25) is 0 Å². The zero-order valence-electron chi connectivity index (χ0n) is 8.70. The molecule has 0 aliphatic heterocycles. The summed E-state index contributed by atoms with van der Waals surface area (Å²) in [7, 11) is 1.60. The first-order valence-corrected chi connectivity index (χ1v) is 5.71. The fraction of sp³-hybridized carbons (Fsp3) is 1.00. The van der Waals surface area contributed by atoms with Crippen molar-refractivity contribution in [3.05, 3.63) is 0 Å². The summed E-state index contributed by atoms with van der Waals surface area (Å²) in [5.74, 6) is -15.3.